The summed E-state index contributed by atoms with van der Waals surface area (Å²) in [4.78, 5) is 5.93. The molecular formula is C19H24ClF3N4O3S. The number of hydrogen-bond acceptors (Lipinski definition) is 6. The van der Waals surface area contributed by atoms with Crippen molar-refractivity contribution < 1.29 is 26.7 Å². The fourth-order valence-electron chi connectivity index (χ4n) is 4.76. The third kappa shape index (κ3) is 4.36. The fraction of sp³-hybridized carbons (Fsp3) is 0.684. The highest BCUT2D eigenvalue weighted by atomic mass is 35.5. The molecule has 0 bridgehead atoms. The monoisotopic (exact) mass is 480 g/mol. The molecular weight excluding hydrogens is 457 g/mol. The van der Waals surface area contributed by atoms with Gasteiger partial charge in [-0.15, -0.1) is 0 Å². The molecule has 0 radical (unpaired) electrons. The van der Waals surface area contributed by atoms with Gasteiger partial charge in [0.25, 0.3) is 0 Å². The fourth-order valence-corrected chi connectivity index (χ4v) is 5.99. The first-order valence-corrected chi connectivity index (χ1v) is 12.2. The number of fused-ring (bicyclic) bond motifs is 1. The topological polar surface area (TPSA) is 88.3 Å². The smallest absolute Gasteiger partial charge is 0.396 e. The molecule has 0 aromatic carbocycles. The summed E-state index contributed by atoms with van der Waals surface area (Å²) >= 11 is 6.09. The Morgan fingerprint density at radius 1 is 1.29 bits per heavy atom. The Kier molecular flexibility index (Phi) is 5.89. The van der Waals surface area contributed by atoms with Crippen LogP contribution in [0.3, 0.4) is 0 Å². The van der Waals surface area contributed by atoms with Gasteiger partial charge in [0, 0.05) is 37.3 Å². The number of aliphatic hydroxyl groups excluding tert-OH is 1. The van der Waals surface area contributed by atoms with Crippen molar-refractivity contribution in [2.45, 2.75) is 44.2 Å². The number of hydrogen-bond donors (Lipinski definition) is 1. The number of rotatable bonds is 6. The van der Waals surface area contributed by atoms with Gasteiger partial charge in [-0.2, -0.15) is 18.3 Å². The van der Waals surface area contributed by atoms with E-state index in [2.05, 4.69) is 4.98 Å². The van der Waals surface area contributed by atoms with E-state index in [0.29, 0.717) is 35.9 Å². The Morgan fingerprint density at radius 3 is 2.65 bits per heavy atom. The van der Waals surface area contributed by atoms with Crippen molar-refractivity contribution in [2.75, 3.05) is 30.3 Å². The second-order valence-electron chi connectivity index (χ2n) is 8.70. The first kappa shape index (κ1) is 22.6. The van der Waals surface area contributed by atoms with Crippen molar-refractivity contribution >= 4 is 38.2 Å². The highest BCUT2D eigenvalue weighted by molar-refractivity contribution is 7.92. The quantitative estimate of drug-likeness (QED) is 0.637. The minimum absolute atomic E-state index is 0.0452. The Hall–Kier alpha value is -1.59. The first-order chi connectivity index (χ1) is 14.5. The number of aliphatic hydroxyl groups is 1. The molecule has 1 N–H and O–H groups in total. The van der Waals surface area contributed by atoms with Crippen LogP contribution in [0.25, 0.3) is 10.9 Å². The van der Waals surface area contributed by atoms with Gasteiger partial charge in [0.1, 0.15) is 5.15 Å². The second-order valence-corrected chi connectivity index (χ2v) is 11.1. The summed E-state index contributed by atoms with van der Waals surface area (Å²) in [5, 5.41) is 15.7. The van der Waals surface area contributed by atoms with Gasteiger partial charge in [-0.25, -0.2) is 13.4 Å². The van der Waals surface area contributed by atoms with Crippen LogP contribution in [0.15, 0.2) is 12.3 Å². The molecule has 31 heavy (non-hydrogen) atoms. The van der Waals surface area contributed by atoms with Crippen LogP contribution in [0.4, 0.5) is 19.0 Å². The van der Waals surface area contributed by atoms with E-state index in [-0.39, 0.29) is 18.6 Å². The van der Waals surface area contributed by atoms with Gasteiger partial charge in [0.05, 0.1) is 23.3 Å². The third-order valence-electron chi connectivity index (χ3n) is 6.46. The van der Waals surface area contributed by atoms with Crippen molar-refractivity contribution in [1.82, 2.24) is 14.8 Å². The number of pyridine rings is 1. The molecule has 0 amide bonds. The summed E-state index contributed by atoms with van der Waals surface area (Å²) < 4.78 is 63.2. The van der Waals surface area contributed by atoms with Crippen molar-refractivity contribution in [3.8, 4) is 0 Å². The Balaban J connectivity index is 1.61. The third-order valence-corrected chi connectivity index (χ3v) is 8.28. The molecule has 4 rings (SSSR count). The highest BCUT2D eigenvalue weighted by Gasteiger charge is 2.47. The predicted octanol–water partition coefficient (Wildman–Crippen LogP) is 3.40. The van der Waals surface area contributed by atoms with E-state index in [9.17, 15) is 26.7 Å². The largest absolute Gasteiger partial charge is 0.497 e. The van der Waals surface area contributed by atoms with E-state index in [1.54, 1.807) is 16.9 Å². The molecule has 1 aliphatic heterocycles. The summed E-state index contributed by atoms with van der Waals surface area (Å²) in [6, 6.07) is 1.69. The predicted molar refractivity (Wildman–Crippen MR) is 111 cm³/mol. The molecule has 2 fully saturated rings. The molecule has 0 unspecified atom stereocenters. The summed E-state index contributed by atoms with van der Waals surface area (Å²) in [6.07, 6.45) is 5.76. The van der Waals surface area contributed by atoms with Gasteiger partial charge < -0.3 is 10.0 Å². The zero-order chi connectivity index (χ0) is 22.4. The van der Waals surface area contributed by atoms with Crippen LogP contribution in [0.5, 0.6) is 0 Å². The van der Waals surface area contributed by atoms with Crippen LogP contribution < -0.4 is 4.90 Å². The van der Waals surface area contributed by atoms with Crippen LogP contribution in [0.2, 0.25) is 5.15 Å². The number of anilines is 1. The Morgan fingerprint density at radius 2 is 2.00 bits per heavy atom. The van der Waals surface area contributed by atoms with Crippen molar-refractivity contribution in [3.05, 3.63) is 17.4 Å². The van der Waals surface area contributed by atoms with Crippen molar-refractivity contribution in [1.29, 1.82) is 0 Å². The molecule has 3 heterocycles. The maximum atomic E-state index is 12.8. The standard InChI is InChI=1S/C19H24ClF3N4O3S/c20-16-7-15-14(8-24-16)17(25-27(15)11-18(12-28)4-1-2-5-18)26-6-3-13(9-26)10-31(29,30)19(21,22)23/h7-8,13,28H,1-6,9-12H2/t13-/m0/s1. The lowest BCUT2D eigenvalue weighted by Gasteiger charge is -2.26. The number of nitrogens with zero attached hydrogens (tertiary/aromatic N) is 4. The lowest BCUT2D eigenvalue weighted by molar-refractivity contribution is -0.0438. The molecule has 1 saturated carbocycles. The molecule has 2 aliphatic rings. The van der Waals surface area contributed by atoms with Gasteiger partial charge in [0.15, 0.2) is 5.82 Å². The van der Waals surface area contributed by atoms with Gasteiger partial charge in [-0.1, -0.05) is 24.4 Å². The number of sulfone groups is 1. The van der Waals surface area contributed by atoms with E-state index < -0.39 is 27.0 Å². The lowest BCUT2D eigenvalue weighted by atomic mass is 9.87. The van der Waals surface area contributed by atoms with E-state index >= 15 is 0 Å². The van der Waals surface area contributed by atoms with Crippen LogP contribution in [0, 0.1) is 11.3 Å². The molecule has 12 heteroatoms. The lowest BCUT2D eigenvalue weighted by Crippen LogP contribution is -2.31. The highest BCUT2D eigenvalue weighted by Crippen LogP contribution is 2.41. The van der Waals surface area contributed by atoms with Crippen LogP contribution in [-0.4, -0.2) is 59.2 Å². The molecule has 1 aliphatic carbocycles. The van der Waals surface area contributed by atoms with Gasteiger partial charge in [-0.3, -0.25) is 4.68 Å². The summed E-state index contributed by atoms with van der Waals surface area (Å²) in [5.41, 5.74) is -4.77. The number of alkyl halides is 3. The minimum atomic E-state index is -5.24. The Bertz CT molecular complexity index is 1070. The van der Waals surface area contributed by atoms with Gasteiger partial charge >= 0.3 is 5.51 Å². The number of aromatic nitrogens is 3. The van der Waals surface area contributed by atoms with Crippen LogP contribution >= 0.6 is 11.6 Å². The SMILES string of the molecule is O=S(=O)(C[C@H]1CCN(c2nn(CC3(CO)CCCC3)c3cc(Cl)ncc23)C1)C(F)(F)F. The molecule has 2 aromatic rings. The average Bonchev–Trinajstić information content (AvgIpc) is 3.41. The normalized spacial score (nSPS) is 22.0. The average molecular weight is 481 g/mol. The zero-order valence-electron chi connectivity index (χ0n) is 16.8. The summed E-state index contributed by atoms with van der Waals surface area (Å²) in [5.74, 6) is -1.01. The molecule has 1 saturated heterocycles. The summed E-state index contributed by atoms with van der Waals surface area (Å²) in [7, 11) is -5.17. The molecule has 7 nitrogen and oxygen atoms in total. The first-order valence-electron chi connectivity index (χ1n) is 10.2. The van der Waals surface area contributed by atoms with E-state index in [0.717, 1.165) is 31.2 Å². The minimum Gasteiger partial charge on any atom is -0.396 e. The molecule has 2 aromatic heterocycles. The van der Waals surface area contributed by atoms with Gasteiger partial charge in [-0.05, 0) is 25.2 Å². The molecule has 0 spiro atoms. The number of halogens is 4. The maximum absolute atomic E-state index is 12.8. The van der Waals surface area contributed by atoms with E-state index in [4.69, 9.17) is 16.7 Å². The maximum Gasteiger partial charge on any atom is 0.497 e. The van der Waals surface area contributed by atoms with Crippen molar-refractivity contribution in [2.24, 2.45) is 11.3 Å². The second kappa shape index (κ2) is 8.08. The van der Waals surface area contributed by atoms with Crippen LogP contribution in [0.1, 0.15) is 32.1 Å². The summed E-state index contributed by atoms with van der Waals surface area (Å²) in [6.45, 7) is 1.11. The van der Waals surface area contributed by atoms with E-state index in [1.807, 2.05) is 4.90 Å². The van der Waals surface area contributed by atoms with E-state index in [1.165, 1.54) is 0 Å². The molecule has 1 atom stereocenters. The van der Waals surface area contributed by atoms with Crippen LogP contribution in [-0.2, 0) is 16.4 Å². The molecule has 172 valence electrons. The Labute approximate surface area is 183 Å². The zero-order valence-corrected chi connectivity index (χ0v) is 18.3. The van der Waals surface area contributed by atoms with Crippen molar-refractivity contribution in [3.63, 3.8) is 0 Å². The van der Waals surface area contributed by atoms with Gasteiger partial charge in [0.2, 0.25) is 9.84 Å².